The van der Waals surface area contributed by atoms with Crippen LogP contribution in [0.15, 0.2) is 40.9 Å². The maximum absolute atomic E-state index is 14.3. The van der Waals surface area contributed by atoms with Crippen LogP contribution in [0.4, 0.5) is 20.3 Å². The number of anilines is 2. The summed E-state index contributed by atoms with van der Waals surface area (Å²) in [6.07, 6.45) is -1.77. The van der Waals surface area contributed by atoms with E-state index < -0.39 is 59.9 Å². The lowest BCUT2D eigenvalue weighted by atomic mass is 9.80. The van der Waals surface area contributed by atoms with Crippen LogP contribution in [0.5, 0.6) is 5.88 Å². The van der Waals surface area contributed by atoms with Gasteiger partial charge in [-0.1, -0.05) is 12.1 Å². The first-order valence-corrected chi connectivity index (χ1v) is 18.4. The van der Waals surface area contributed by atoms with Crippen molar-refractivity contribution >= 4 is 52.1 Å². The van der Waals surface area contributed by atoms with E-state index in [9.17, 15) is 13.6 Å². The molecule has 4 aliphatic rings. The van der Waals surface area contributed by atoms with Crippen molar-refractivity contribution in [1.29, 1.82) is 0 Å². The summed E-state index contributed by atoms with van der Waals surface area (Å²) in [4.78, 5) is 31.1. The quantitative estimate of drug-likeness (QED) is 0.178. The number of aromatic nitrogens is 3. The summed E-state index contributed by atoms with van der Waals surface area (Å²) in [5, 5.41) is 0.559. The number of rotatable bonds is 7. The van der Waals surface area contributed by atoms with Crippen LogP contribution in [0.2, 0.25) is 0 Å². The smallest absolute Gasteiger partial charge is 0.471 e. The second-order valence-electron chi connectivity index (χ2n) is 16.6. The zero-order valence-electron chi connectivity index (χ0n) is 31.9. The lowest BCUT2D eigenvalue weighted by Gasteiger charge is -2.53. The molecule has 0 amide bonds. The third kappa shape index (κ3) is 6.34. The number of para-hydroxylation sites is 1. The molecule has 4 aliphatic heterocycles. The number of ether oxygens (including phenoxy) is 4. The molecule has 16 heteroatoms. The van der Waals surface area contributed by atoms with Crippen LogP contribution in [0.1, 0.15) is 74.1 Å². The molecular formula is C38H46BF2N5O8. The summed E-state index contributed by atoms with van der Waals surface area (Å²) in [7, 11) is -0.667. The van der Waals surface area contributed by atoms with Gasteiger partial charge in [0, 0.05) is 30.0 Å². The number of carbonyl (C=O) groups is 1. The lowest BCUT2D eigenvalue weighted by molar-refractivity contribution is -0.228. The first kappa shape index (κ1) is 36.8. The van der Waals surface area contributed by atoms with Crippen molar-refractivity contribution in [2.24, 2.45) is 0 Å². The summed E-state index contributed by atoms with van der Waals surface area (Å²) in [5.74, 6) is -0.826. The third-order valence-corrected chi connectivity index (χ3v) is 11.2. The number of carbonyl (C=O) groups excluding carboxylic acids is 1. The number of halogens is 2. The molecule has 3 aromatic heterocycles. The van der Waals surface area contributed by atoms with Gasteiger partial charge in [0.1, 0.15) is 34.4 Å². The van der Waals surface area contributed by atoms with Crippen LogP contribution in [0.25, 0.3) is 22.1 Å². The summed E-state index contributed by atoms with van der Waals surface area (Å²) >= 11 is 0. The van der Waals surface area contributed by atoms with Gasteiger partial charge in [-0.05, 0) is 73.6 Å². The number of morpholine rings is 1. The van der Waals surface area contributed by atoms with E-state index in [1.165, 1.54) is 0 Å². The molecule has 54 heavy (non-hydrogen) atoms. The molecule has 1 aromatic carbocycles. The Labute approximate surface area is 312 Å². The highest BCUT2D eigenvalue weighted by Crippen LogP contribution is 2.42. The molecular weight excluding hydrogens is 703 g/mol. The molecule has 4 saturated heterocycles. The standard InChI is InChI=1S/C38H46BF2N5O8/c1-21-38(19-48-20-38)49-14-13-45(21)25-15-22(39-53-36(5,6)37(7,8)54-39)17-42-33(25)50-23-16-26(34(47)52-35(2,3)4)46(18-23)32-29-28(43-31(44-32)30(40)41)24-11-9-10-12-27(24)51-29/h9-12,15,17,21,23,26,30H,13-14,16,18-20H2,1-8H3/t21-,23-,26-/m0/s1. The highest BCUT2D eigenvalue weighted by molar-refractivity contribution is 6.62. The van der Waals surface area contributed by atoms with Gasteiger partial charge in [-0.25, -0.2) is 28.5 Å². The highest BCUT2D eigenvalue weighted by atomic mass is 19.3. The van der Waals surface area contributed by atoms with Gasteiger partial charge in [0.2, 0.25) is 5.88 Å². The summed E-state index contributed by atoms with van der Waals surface area (Å²) < 4.78 is 72.1. The first-order valence-electron chi connectivity index (χ1n) is 18.4. The van der Waals surface area contributed by atoms with E-state index in [0.29, 0.717) is 48.9 Å². The maximum Gasteiger partial charge on any atom is 0.496 e. The average Bonchev–Trinajstić information content (AvgIpc) is 3.74. The van der Waals surface area contributed by atoms with Gasteiger partial charge in [-0.15, -0.1) is 0 Å². The van der Waals surface area contributed by atoms with E-state index in [1.807, 2.05) is 33.8 Å². The molecule has 8 rings (SSSR count). The van der Waals surface area contributed by atoms with Gasteiger partial charge >= 0.3 is 13.1 Å². The fourth-order valence-electron chi connectivity index (χ4n) is 7.52. The number of hydrogen-bond acceptors (Lipinski definition) is 13. The Balaban J connectivity index is 1.18. The minimum absolute atomic E-state index is 0.0616. The Morgan fingerprint density at radius 3 is 2.44 bits per heavy atom. The summed E-state index contributed by atoms with van der Waals surface area (Å²) in [5.41, 5.74) is -0.108. The minimum atomic E-state index is -2.97. The second kappa shape index (κ2) is 13.0. The zero-order chi connectivity index (χ0) is 38.4. The fourth-order valence-corrected chi connectivity index (χ4v) is 7.52. The number of pyridine rings is 1. The number of esters is 1. The van der Waals surface area contributed by atoms with Gasteiger partial charge in [-0.3, -0.25) is 0 Å². The van der Waals surface area contributed by atoms with E-state index in [-0.39, 0.29) is 35.9 Å². The van der Waals surface area contributed by atoms with E-state index in [2.05, 4.69) is 21.8 Å². The maximum atomic E-state index is 14.3. The SMILES string of the molecule is C[C@@H]1N(c2cc(B3OC(C)(C)C(C)(C)O3)cnc2O[C@H]2C[C@@H](C(=O)OC(C)(C)C)N(c3nc(C(F)F)nc4c3oc3ccccc34)C2)CCOC12COC2. The van der Waals surface area contributed by atoms with E-state index >= 15 is 0 Å². The average molecular weight is 750 g/mol. The molecule has 0 bridgehead atoms. The van der Waals surface area contributed by atoms with Crippen molar-refractivity contribution in [1.82, 2.24) is 15.0 Å². The van der Waals surface area contributed by atoms with Crippen molar-refractivity contribution in [2.75, 3.05) is 42.7 Å². The van der Waals surface area contributed by atoms with Crippen molar-refractivity contribution < 1.29 is 46.2 Å². The van der Waals surface area contributed by atoms with Crippen LogP contribution >= 0.6 is 0 Å². The van der Waals surface area contributed by atoms with Crippen LogP contribution in [-0.4, -0.2) is 102 Å². The van der Waals surface area contributed by atoms with Gasteiger partial charge in [0.05, 0.1) is 49.3 Å². The van der Waals surface area contributed by atoms with Crippen molar-refractivity contribution in [3.05, 3.63) is 42.4 Å². The van der Waals surface area contributed by atoms with Gasteiger partial charge in [-0.2, -0.15) is 0 Å². The van der Waals surface area contributed by atoms with Crippen molar-refractivity contribution in [3.8, 4) is 5.88 Å². The Morgan fingerprint density at radius 1 is 1.06 bits per heavy atom. The van der Waals surface area contributed by atoms with Gasteiger partial charge in [0.25, 0.3) is 6.43 Å². The lowest BCUT2D eigenvalue weighted by Crippen LogP contribution is -2.68. The number of fused-ring (bicyclic) bond motifs is 3. The minimum Gasteiger partial charge on any atom is -0.471 e. The summed E-state index contributed by atoms with van der Waals surface area (Å²) in [6, 6.07) is 7.99. The molecule has 0 radical (unpaired) electrons. The number of hydrogen-bond donors (Lipinski definition) is 0. The van der Waals surface area contributed by atoms with Crippen molar-refractivity contribution in [3.63, 3.8) is 0 Å². The van der Waals surface area contributed by atoms with Crippen LogP contribution < -0.4 is 20.0 Å². The van der Waals surface area contributed by atoms with Crippen molar-refractivity contribution in [2.45, 2.75) is 109 Å². The Kier molecular flexibility index (Phi) is 8.86. The Morgan fingerprint density at radius 2 is 1.78 bits per heavy atom. The molecule has 0 N–H and O–H groups in total. The van der Waals surface area contributed by atoms with Gasteiger partial charge < -0.3 is 42.5 Å². The fraction of sp³-hybridized carbons (Fsp3) is 0.579. The molecule has 4 fully saturated rings. The van der Waals surface area contributed by atoms with Crippen LogP contribution in [-0.2, 0) is 28.3 Å². The normalized spacial score (nSPS) is 24.9. The van der Waals surface area contributed by atoms with E-state index in [4.69, 9.17) is 37.7 Å². The van der Waals surface area contributed by atoms with E-state index in [1.54, 1.807) is 56.1 Å². The number of nitrogens with zero attached hydrogens (tertiary/aromatic N) is 5. The predicted molar refractivity (Wildman–Crippen MR) is 197 cm³/mol. The molecule has 288 valence electrons. The number of alkyl halides is 2. The molecule has 3 atom stereocenters. The van der Waals surface area contributed by atoms with E-state index in [0.717, 1.165) is 5.46 Å². The third-order valence-electron chi connectivity index (χ3n) is 11.2. The summed E-state index contributed by atoms with van der Waals surface area (Å²) in [6.45, 7) is 17.5. The van der Waals surface area contributed by atoms with Gasteiger partial charge in [0.15, 0.2) is 17.2 Å². The number of furan rings is 1. The first-order chi connectivity index (χ1) is 25.5. The number of benzene rings is 1. The molecule has 1 spiro atoms. The Bertz CT molecular complexity index is 2070. The molecule has 0 aliphatic carbocycles. The largest absolute Gasteiger partial charge is 0.496 e. The predicted octanol–water partition coefficient (Wildman–Crippen LogP) is 5.37. The monoisotopic (exact) mass is 749 g/mol. The molecule has 4 aromatic rings. The zero-order valence-corrected chi connectivity index (χ0v) is 31.9. The topological polar surface area (TPSA) is 131 Å². The molecule has 0 unspecified atom stereocenters. The molecule has 0 saturated carbocycles. The highest BCUT2D eigenvalue weighted by Gasteiger charge is 2.53. The van der Waals surface area contributed by atoms with Crippen LogP contribution in [0.3, 0.4) is 0 Å². The molecule has 13 nitrogen and oxygen atoms in total. The Hall–Kier alpha value is -4.12. The second-order valence-corrected chi connectivity index (χ2v) is 16.6. The van der Waals surface area contributed by atoms with Crippen LogP contribution in [0, 0.1) is 0 Å². The molecule has 7 heterocycles.